The van der Waals surface area contributed by atoms with E-state index >= 15 is 0 Å². The van der Waals surface area contributed by atoms with E-state index in [2.05, 4.69) is 0 Å². The van der Waals surface area contributed by atoms with Crippen molar-refractivity contribution in [3.63, 3.8) is 0 Å². The summed E-state index contributed by atoms with van der Waals surface area (Å²) in [7, 11) is 0. The second kappa shape index (κ2) is 13.5. The Bertz CT molecular complexity index is 844. The summed E-state index contributed by atoms with van der Waals surface area (Å²) >= 11 is 0. The first kappa shape index (κ1) is 34.8. The molecule has 0 saturated carbocycles. The van der Waals surface area contributed by atoms with E-state index < -0.39 is 123 Å². The monoisotopic (exact) mass is 603 g/mol. The molecule has 0 aromatic rings. The predicted octanol–water partition coefficient (Wildman–Crippen LogP) is -7.78. The van der Waals surface area contributed by atoms with Crippen molar-refractivity contribution in [1.82, 2.24) is 0 Å². The zero-order valence-corrected chi connectivity index (χ0v) is 22.7. The van der Waals surface area contributed by atoms with Gasteiger partial charge in [-0.1, -0.05) is 6.92 Å². The molecular weight excluding hydrogens is 558 g/mol. The minimum atomic E-state index is -2.65. The normalized spacial score (nSPS) is 50.9. The van der Waals surface area contributed by atoms with Crippen LogP contribution in [-0.4, -0.2) is 174 Å². The molecule has 242 valence electrons. The van der Waals surface area contributed by atoms with Crippen LogP contribution in [0.25, 0.3) is 0 Å². The molecule has 0 spiro atoms. The van der Waals surface area contributed by atoms with E-state index in [-0.39, 0.29) is 6.42 Å². The number of nitrogens with two attached hydrogens (primary N) is 3. The fourth-order valence-electron chi connectivity index (χ4n) is 5.67. The molecule has 41 heavy (non-hydrogen) atoms. The number of hydrogen-bond acceptors (Lipinski definition) is 18. The molecular formula is C23H45N3O15. The molecule has 3 aliphatic heterocycles. The molecule has 17 atom stereocenters. The summed E-state index contributed by atoms with van der Waals surface area (Å²) in [6.45, 7) is 0.0277. The fourth-order valence-corrected chi connectivity index (χ4v) is 5.67. The predicted molar refractivity (Wildman–Crippen MR) is 133 cm³/mol. The van der Waals surface area contributed by atoms with Crippen molar-refractivity contribution in [3.05, 3.63) is 0 Å². The summed E-state index contributed by atoms with van der Waals surface area (Å²) in [5, 5.41) is 105. The van der Waals surface area contributed by atoms with Crippen molar-refractivity contribution in [3.8, 4) is 0 Å². The Morgan fingerprint density at radius 1 is 0.805 bits per heavy atom. The van der Waals surface area contributed by atoms with Crippen molar-refractivity contribution < 1.29 is 74.7 Å². The molecule has 0 bridgehead atoms. The van der Waals surface area contributed by atoms with Crippen LogP contribution >= 0.6 is 0 Å². The summed E-state index contributed by atoms with van der Waals surface area (Å²) in [6.07, 6.45) is -19.3. The molecule has 3 saturated heterocycles. The lowest BCUT2D eigenvalue weighted by atomic mass is 9.67. The highest BCUT2D eigenvalue weighted by molar-refractivity contribution is 5.17. The molecule has 3 rings (SSSR count). The Morgan fingerprint density at radius 3 is 1.80 bits per heavy atom. The minimum Gasteiger partial charge on any atom is -0.394 e. The smallest absolute Gasteiger partial charge is 0.176 e. The summed E-state index contributed by atoms with van der Waals surface area (Å²) in [5.74, 6) is 0. The van der Waals surface area contributed by atoms with Crippen LogP contribution in [0.2, 0.25) is 0 Å². The van der Waals surface area contributed by atoms with Crippen molar-refractivity contribution in [2.45, 2.75) is 123 Å². The average molecular weight is 604 g/mol. The zero-order valence-electron chi connectivity index (χ0n) is 22.7. The molecule has 0 amide bonds. The van der Waals surface area contributed by atoms with Crippen molar-refractivity contribution in [1.29, 1.82) is 0 Å². The lowest BCUT2D eigenvalue weighted by Crippen LogP contribution is -2.82. The van der Waals surface area contributed by atoms with Crippen LogP contribution in [0.15, 0.2) is 0 Å². The highest BCUT2D eigenvalue weighted by Gasteiger charge is 2.68. The van der Waals surface area contributed by atoms with E-state index in [1.54, 1.807) is 0 Å². The summed E-state index contributed by atoms with van der Waals surface area (Å²) < 4.78 is 28.1. The molecule has 0 radical (unpaired) electrons. The Labute approximate surface area is 235 Å². The molecule has 0 aliphatic carbocycles. The number of rotatable bonds is 10. The average Bonchev–Trinajstić information content (AvgIpc) is 2.95. The Morgan fingerprint density at radius 2 is 1.32 bits per heavy atom. The number of ether oxygens (including phenoxy) is 5. The van der Waals surface area contributed by atoms with Crippen LogP contribution in [0.4, 0.5) is 0 Å². The molecule has 18 nitrogen and oxygen atoms in total. The van der Waals surface area contributed by atoms with E-state index in [1.807, 2.05) is 0 Å². The highest BCUT2D eigenvalue weighted by atomic mass is 16.7. The molecule has 18 heteroatoms. The first-order valence-electron chi connectivity index (χ1n) is 13.4. The fraction of sp³-hybridized carbons (Fsp3) is 1.00. The van der Waals surface area contributed by atoms with Gasteiger partial charge in [0.15, 0.2) is 30.1 Å². The summed E-state index contributed by atoms with van der Waals surface area (Å²) in [6, 6.07) is -4.39. The van der Waals surface area contributed by atoms with Gasteiger partial charge in [0.05, 0.1) is 50.2 Å². The quantitative estimate of drug-likeness (QED) is 0.110. The molecule has 0 aromatic carbocycles. The van der Waals surface area contributed by atoms with Gasteiger partial charge < -0.3 is 92.0 Å². The minimum absolute atomic E-state index is 0.122. The maximum atomic E-state index is 11.4. The van der Waals surface area contributed by atoms with Crippen LogP contribution in [0.5, 0.6) is 0 Å². The lowest BCUT2D eigenvalue weighted by Gasteiger charge is -2.58. The maximum Gasteiger partial charge on any atom is 0.176 e. The largest absolute Gasteiger partial charge is 0.394 e. The van der Waals surface area contributed by atoms with Gasteiger partial charge in [-0.3, -0.25) is 0 Å². The number of aliphatic hydroxyl groups excluding tert-OH is 9. The third-order valence-electron chi connectivity index (χ3n) is 8.34. The van der Waals surface area contributed by atoms with Crippen molar-refractivity contribution in [2.24, 2.45) is 17.2 Å². The van der Waals surface area contributed by atoms with Crippen molar-refractivity contribution >= 4 is 0 Å². The molecule has 3 aliphatic rings. The Kier molecular flexibility index (Phi) is 11.5. The SMILES string of the molecule is CCC(O)[C@]1(O)[C@H](O)[C@@H](N)[C@@H](OC2[C@@H](CO)O[C@@H](OC3[C@@H](CO)O[C@@H](O)[C@H](N)[C@H]3O)[C@H](N)[C@H]2O)O[C@]1(CO)C(C)O. The molecule has 3 heterocycles. The van der Waals surface area contributed by atoms with Gasteiger partial charge in [0, 0.05) is 0 Å². The van der Waals surface area contributed by atoms with E-state index in [4.69, 9.17) is 40.9 Å². The Hall–Kier alpha value is -0.720. The summed E-state index contributed by atoms with van der Waals surface area (Å²) in [4.78, 5) is 0. The van der Waals surface area contributed by atoms with Gasteiger partial charge in [0.25, 0.3) is 0 Å². The molecule has 4 unspecified atom stereocenters. The van der Waals surface area contributed by atoms with Crippen LogP contribution in [0, 0.1) is 0 Å². The van der Waals surface area contributed by atoms with Gasteiger partial charge in [-0.05, 0) is 13.3 Å². The van der Waals surface area contributed by atoms with Crippen LogP contribution in [0.1, 0.15) is 20.3 Å². The van der Waals surface area contributed by atoms with Gasteiger partial charge in [-0.2, -0.15) is 0 Å². The van der Waals surface area contributed by atoms with Crippen LogP contribution < -0.4 is 17.2 Å². The highest BCUT2D eigenvalue weighted by Crippen LogP contribution is 2.44. The first-order valence-corrected chi connectivity index (χ1v) is 13.4. The van der Waals surface area contributed by atoms with Gasteiger partial charge in [-0.15, -0.1) is 0 Å². The number of aliphatic hydroxyl groups is 10. The van der Waals surface area contributed by atoms with Gasteiger partial charge >= 0.3 is 0 Å². The topological polar surface area (TPSA) is 327 Å². The standard InChI is InChI=1S/C23H45N3O15/c1-3-10(31)23(36)18(34)13(26)21(41-22(23,6-29)7(2)30)40-17-9(5-28)38-20(12(25)15(17)33)39-16-8(4-27)37-19(35)11(24)14(16)32/h7-21,27-36H,3-6,24-26H2,1-2H3/t7?,8-,9-,10?,11-,12-,13-,14-,15-,16?,17?,18-,19-,20+,21+,22-,23+/m1/s1. The third-order valence-corrected chi connectivity index (χ3v) is 8.34. The van der Waals surface area contributed by atoms with E-state index in [1.165, 1.54) is 6.92 Å². The van der Waals surface area contributed by atoms with E-state index in [0.717, 1.165) is 6.92 Å². The summed E-state index contributed by atoms with van der Waals surface area (Å²) in [5.41, 5.74) is 12.9. The Balaban J connectivity index is 1.84. The lowest BCUT2D eigenvalue weighted by molar-refractivity contribution is -0.398. The first-order chi connectivity index (χ1) is 19.2. The molecule has 0 aromatic heterocycles. The van der Waals surface area contributed by atoms with E-state index in [9.17, 15) is 51.1 Å². The molecule has 3 fully saturated rings. The second-order valence-electron chi connectivity index (χ2n) is 10.8. The second-order valence-corrected chi connectivity index (χ2v) is 10.8. The van der Waals surface area contributed by atoms with Gasteiger partial charge in [0.2, 0.25) is 0 Å². The van der Waals surface area contributed by atoms with Gasteiger partial charge in [-0.25, -0.2) is 0 Å². The van der Waals surface area contributed by atoms with Crippen LogP contribution in [0.3, 0.4) is 0 Å². The van der Waals surface area contributed by atoms with Crippen LogP contribution in [-0.2, 0) is 23.7 Å². The van der Waals surface area contributed by atoms with E-state index in [0.29, 0.717) is 0 Å². The zero-order chi connectivity index (χ0) is 31.0. The maximum absolute atomic E-state index is 11.4. The van der Waals surface area contributed by atoms with Gasteiger partial charge in [0.1, 0.15) is 42.7 Å². The molecule has 16 N–H and O–H groups in total. The third kappa shape index (κ3) is 5.89. The number of hydrogen-bond donors (Lipinski definition) is 13. The van der Waals surface area contributed by atoms with Crippen molar-refractivity contribution in [2.75, 3.05) is 19.8 Å².